The monoisotopic (exact) mass is 191 g/mol. The predicted octanol–water partition coefficient (Wildman–Crippen LogP) is 3.75. The van der Waals surface area contributed by atoms with Crippen LogP contribution in [0.25, 0.3) is 0 Å². The Hall–Kier alpha value is -0.980. The standard InChI is InChI=1S/C13H19O/c1-5-9-14-13-8-6-7-12(10(2)3)11(13)4/h6-8H,5,9H2,1-4H3. The van der Waals surface area contributed by atoms with Gasteiger partial charge in [0, 0.05) is 0 Å². The summed E-state index contributed by atoms with van der Waals surface area (Å²) in [5.74, 6) is 2.36. The maximum Gasteiger partial charge on any atom is 0.122 e. The van der Waals surface area contributed by atoms with Gasteiger partial charge < -0.3 is 4.74 Å². The van der Waals surface area contributed by atoms with Crippen LogP contribution in [0.3, 0.4) is 0 Å². The summed E-state index contributed by atoms with van der Waals surface area (Å²) >= 11 is 0. The Bertz CT molecular complexity index is 289. The molecule has 0 aliphatic heterocycles. The van der Waals surface area contributed by atoms with Gasteiger partial charge in [-0.2, -0.15) is 0 Å². The first kappa shape index (κ1) is 11.1. The van der Waals surface area contributed by atoms with E-state index in [4.69, 9.17) is 4.74 Å². The zero-order valence-electron chi connectivity index (χ0n) is 9.55. The molecular formula is C13H19O. The van der Waals surface area contributed by atoms with Gasteiger partial charge in [0.05, 0.1) is 6.61 Å². The molecule has 0 bridgehead atoms. The van der Waals surface area contributed by atoms with Crippen molar-refractivity contribution >= 4 is 0 Å². The highest BCUT2D eigenvalue weighted by Gasteiger charge is 2.07. The summed E-state index contributed by atoms with van der Waals surface area (Å²) in [6.45, 7) is 9.30. The number of ether oxygens (including phenoxy) is 1. The van der Waals surface area contributed by atoms with Gasteiger partial charge in [0.25, 0.3) is 0 Å². The molecule has 0 saturated carbocycles. The molecule has 0 aliphatic carbocycles. The second kappa shape index (κ2) is 5.04. The minimum absolute atomic E-state index is 0.799. The first-order valence-corrected chi connectivity index (χ1v) is 5.19. The van der Waals surface area contributed by atoms with Crippen molar-refractivity contribution in [2.75, 3.05) is 6.61 Å². The number of hydrogen-bond donors (Lipinski definition) is 0. The fraction of sp³-hybridized carbons (Fsp3) is 0.462. The van der Waals surface area contributed by atoms with Gasteiger partial charge in [0.2, 0.25) is 0 Å². The molecule has 1 nitrogen and oxygen atoms in total. The van der Waals surface area contributed by atoms with Gasteiger partial charge in [-0.25, -0.2) is 0 Å². The first-order chi connectivity index (χ1) is 6.66. The summed E-state index contributed by atoms with van der Waals surface area (Å²) in [6.07, 6.45) is 1.05. The smallest absolute Gasteiger partial charge is 0.122 e. The second-order valence-corrected chi connectivity index (χ2v) is 3.78. The van der Waals surface area contributed by atoms with Crippen LogP contribution in [0.15, 0.2) is 18.2 Å². The van der Waals surface area contributed by atoms with Crippen LogP contribution < -0.4 is 4.74 Å². The lowest BCUT2D eigenvalue weighted by Gasteiger charge is -2.13. The molecule has 0 amide bonds. The van der Waals surface area contributed by atoms with Gasteiger partial charge in [-0.3, -0.25) is 0 Å². The third kappa shape index (κ3) is 2.50. The Morgan fingerprint density at radius 3 is 2.57 bits per heavy atom. The Morgan fingerprint density at radius 1 is 1.29 bits per heavy atom. The number of hydrogen-bond acceptors (Lipinski definition) is 1. The Labute approximate surface area is 87.1 Å². The Kier molecular flexibility index (Phi) is 3.99. The molecule has 1 rings (SSSR count). The van der Waals surface area contributed by atoms with E-state index in [1.165, 1.54) is 17.0 Å². The van der Waals surface area contributed by atoms with Crippen molar-refractivity contribution in [1.82, 2.24) is 0 Å². The van der Waals surface area contributed by atoms with Crippen LogP contribution in [0.1, 0.15) is 38.3 Å². The van der Waals surface area contributed by atoms with E-state index in [1.807, 2.05) is 6.07 Å². The molecule has 0 saturated heterocycles. The van der Waals surface area contributed by atoms with E-state index in [2.05, 4.69) is 39.8 Å². The van der Waals surface area contributed by atoms with Crippen molar-refractivity contribution in [3.05, 3.63) is 35.2 Å². The number of benzene rings is 1. The molecule has 0 aromatic heterocycles. The molecule has 0 heterocycles. The molecule has 1 heteroatoms. The normalized spacial score (nSPS) is 10.6. The highest BCUT2D eigenvalue weighted by Crippen LogP contribution is 2.26. The van der Waals surface area contributed by atoms with Crippen LogP contribution in [0.4, 0.5) is 0 Å². The van der Waals surface area contributed by atoms with E-state index in [1.54, 1.807) is 0 Å². The topological polar surface area (TPSA) is 9.23 Å². The maximum atomic E-state index is 5.66. The molecular weight excluding hydrogens is 172 g/mol. The third-order valence-electron chi connectivity index (χ3n) is 2.28. The van der Waals surface area contributed by atoms with Crippen LogP contribution in [0.2, 0.25) is 0 Å². The molecule has 14 heavy (non-hydrogen) atoms. The fourth-order valence-corrected chi connectivity index (χ4v) is 1.52. The van der Waals surface area contributed by atoms with E-state index in [9.17, 15) is 0 Å². The summed E-state index contributed by atoms with van der Waals surface area (Å²) in [5, 5.41) is 0. The Morgan fingerprint density at radius 2 is 2.00 bits per heavy atom. The molecule has 0 aliphatic rings. The molecule has 0 fully saturated rings. The highest BCUT2D eigenvalue weighted by atomic mass is 16.5. The van der Waals surface area contributed by atoms with Crippen LogP contribution in [-0.4, -0.2) is 6.61 Å². The SMILES string of the molecule is CCCOc1cccc([C](C)C)c1C. The molecule has 0 N–H and O–H groups in total. The lowest BCUT2D eigenvalue weighted by Crippen LogP contribution is -2.00. The van der Waals surface area contributed by atoms with Crippen molar-refractivity contribution in [2.45, 2.75) is 34.1 Å². The maximum absolute atomic E-state index is 5.66. The van der Waals surface area contributed by atoms with Crippen LogP contribution in [0.5, 0.6) is 5.75 Å². The van der Waals surface area contributed by atoms with Gasteiger partial charge in [-0.15, -0.1) is 0 Å². The minimum atomic E-state index is 0.799. The zero-order valence-corrected chi connectivity index (χ0v) is 9.55. The lowest BCUT2D eigenvalue weighted by atomic mass is 9.97. The summed E-state index contributed by atoms with van der Waals surface area (Å²) in [4.78, 5) is 0. The fourth-order valence-electron chi connectivity index (χ4n) is 1.52. The van der Waals surface area contributed by atoms with Gasteiger partial charge in [0.15, 0.2) is 0 Å². The van der Waals surface area contributed by atoms with Crippen molar-refractivity contribution in [2.24, 2.45) is 0 Å². The van der Waals surface area contributed by atoms with Gasteiger partial charge in [0.1, 0.15) is 5.75 Å². The van der Waals surface area contributed by atoms with E-state index in [0.717, 1.165) is 18.8 Å². The molecule has 0 atom stereocenters. The average molecular weight is 191 g/mol. The predicted molar refractivity (Wildman–Crippen MR) is 60.7 cm³/mol. The summed E-state index contributed by atoms with van der Waals surface area (Å²) < 4.78 is 5.66. The second-order valence-electron chi connectivity index (χ2n) is 3.78. The molecule has 77 valence electrons. The molecule has 0 spiro atoms. The van der Waals surface area contributed by atoms with Crippen LogP contribution in [-0.2, 0) is 0 Å². The Balaban J connectivity index is 2.89. The van der Waals surface area contributed by atoms with Crippen molar-refractivity contribution in [3.63, 3.8) is 0 Å². The van der Waals surface area contributed by atoms with Crippen molar-refractivity contribution < 1.29 is 4.74 Å². The lowest BCUT2D eigenvalue weighted by molar-refractivity contribution is 0.315. The van der Waals surface area contributed by atoms with Gasteiger partial charge >= 0.3 is 0 Å². The molecule has 1 radical (unpaired) electrons. The van der Waals surface area contributed by atoms with E-state index in [-0.39, 0.29) is 0 Å². The largest absolute Gasteiger partial charge is 0.493 e. The van der Waals surface area contributed by atoms with Crippen molar-refractivity contribution in [1.29, 1.82) is 0 Å². The minimum Gasteiger partial charge on any atom is -0.493 e. The van der Waals surface area contributed by atoms with E-state index >= 15 is 0 Å². The van der Waals surface area contributed by atoms with E-state index < -0.39 is 0 Å². The van der Waals surface area contributed by atoms with Crippen molar-refractivity contribution in [3.8, 4) is 5.75 Å². The molecule has 0 unspecified atom stereocenters. The zero-order chi connectivity index (χ0) is 10.6. The first-order valence-electron chi connectivity index (χ1n) is 5.19. The van der Waals surface area contributed by atoms with Gasteiger partial charge in [-0.1, -0.05) is 32.9 Å². The average Bonchev–Trinajstić information content (AvgIpc) is 2.16. The van der Waals surface area contributed by atoms with Crippen LogP contribution in [0, 0.1) is 12.8 Å². The number of rotatable bonds is 4. The summed E-state index contributed by atoms with van der Waals surface area (Å²) in [7, 11) is 0. The highest BCUT2D eigenvalue weighted by molar-refractivity contribution is 5.44. The molecule has 1 aromatic carbocycles. The summed E-state index contributed by atoms with van der Waals surface area (Å²) in [6, 6.07) is 6.24. The summed E-state index contributed by atoms with van der Waals surface area (Å²) in [5.41, 5.74) is 2.56. The van der Waals surface area contributed by atoms with E-state index in [0.29, 0.717) is 0 Å². The molecule has 1 aromatic rings. The quantitative estimate of drug-likeness (QED) is 0.704. The van der Waals surface area contributed by atoms with Gasteiger partial charge in [-0.05, 0) is 36.5 Å². The van der Waals surface area contributed by atoms with Crippen LogP contribution >= 0.6 is 0 Å². The third-order valence-corrected chi connectivity index (χ3v) is 2.28.